The van der Waals surface area contributed by atoms with Crippen molar-refractivity contribution in [1.82, 2.24) is 4.98 Å². The fourth-order valence-corrected chi connectivity index (χ4v) is 2.72. The van der Waals surface area contributed by atoms with Crippen molar-refractivity contribution in [2.24, 2.45) is 0 Å². The highest BCUT2D eigenvalue weighted by atomic mass is 32.1. The van der Waals surface area contributed by atoms with E-state index in [2.05, 4.69) is 4.98 Å². The van der Waals surface area contributed by atoms with Gasteiger partial charge in [-0.15, -0.1) is 11.3 Å². The summed E-state index contributed by atoms with van der Waals surface area (Å²) < 4.78 is 9.89. The van der Waals surface area contributed by atoms with Gasteiger partial charge in [0, 0.05) is 11.3 Å². The molecule has 0 amide bonds. The van der Waals surface area contributed by atoms with Crippen LogP contribution >= 0.6 is 11.3 Å². The minimum absolute atomic E-state index is 0.384. The van der Waals surface area contributed by atoms with E-state index in [0.29, 0.717) is 12.1 Å². The fraction of sp³-hybridized carbons (Fsp3) is 0.286. The van der Waals surface area contributed by atoms with Crippen molar-refractivity contribution in [3.05, 3.63) is 45.4 Å². The third kappa shape index (κ3) is 3.12. The molecule has 2 rings (SSSR count). The van der Waals surface area contributed by atoms with Gasteiger partial charge >= 0.3 is 5.97 Å². The SMILES string of the molecule is COC(=O)c1nc(Cc2cccc(OC)c2)sc1C. The number of benzene rings is 1. The molecule has 0 spiro atoms. The molecule has 0 saturated carbocycles. The van der Waals surface area contributed by atoms with Crippen LogP contribution in [-0.4, -0.2) is 25.2 Å². The first-order valence-electron chi connectivity index (χ1n) is 5.81. The molecule has 5 heteroatoms. The zero-order chi connectivity index (χ0) is 13.8. The van der Waals surface area contributed by atoms with Gasteiger partial charge < -0.3 is 9.47 Å². The Morgan fingerprint density at radius 3 is 2.84 bits per heavy atom. The number of ether oxygens (including phenoxy) is 2. The average Bonchev–Trinajstić information content (AvgIpc) is 2.79. The summed E-state index contributed by atoms with van der Waals surface area (Å²) in [6.07, 6.45) is 0.680. The summed E-state index contributed by atoms with van der Waals surface area (Å²) in [5, 5.41) is 0.895. The highest BCUT2D eigenvalue weighted by Gasteiger charge is 2.15. The normalized spacial score (nSPS) is 10.3. The van der Waals surface area contributed by atoms with E-state index in [0.717, 1.165) is 21.2 Å². The zero-order valence-electron chi connectivity index (χ0n) is 11.1. The molecule has 0 N–H and O–H groups in total. The highest BCUT2D eigenvalue weighted by molar-refractivity contribution is 7.11. The van der Waals surface area contributed by atoms with Gasteiger partial charge in [0.2, 0.25) is 0 Å². The van der Waals surface area contributed by atoms with Crippen LogP contribution in [-0.2, 0) is 11.2 Å². The second-order valence-electron chi connectivity index (χ2n) is 4.03. The second kappa shape index (κ2) is 5.84. The van der Waals surface area contributed by atoms with Gasteiger partial charge in [-0.2, -0.15) is 0 Å². The van der Waals surface area contributed by atoms with Crippen molar-refractivity contribution in [2.75, 3.05) is 14.2 Å². The Balaban J connectivity index is 2.21. The number of aromatic nitrogens is 1. The van der Waals surface area contributed by atoms with Crippen LogP contribution in [0.2, 0.25) is 0 Å². The van der Waals surface area contributed by atoms with Gasteiger partial charge in [-0.1, -0.05) is 12.1 Å². The standard InChI is InChI=1S/C14H15NO3S/c1-9-13(14(16)18-3)15-12(19-9)8-10-5-4-6-11(7-10)17-2/h4-7H,8H2,1-3H3. The molecule has 0 saturated heterocycles. The quantitative estimate of drug-likeness (QED) is 0.806. The molecule has 0 aliphatic heterocycles. The van der Waals surface area contributed by atoms with E-state index in [1.807, 2.05) is 31.2 Å². The number of carbonyl (C=O) groups excluding carboxylic acids is 1. The van der Waals surface area contributed by atoms with Gasteiger partial charge in [0.05, 0.1) is 19.2 Å². The Bertz CT molecular complexity index is 592. The molecule has 0 aliphatic rings. The molecule has 0 aliphatic carbocycles. The number of nitrogens with zero attached hydrogens (tertiary/aromatic N) is 1. The molecule has 1 aromatic heterocycles. The predicted octanol–water partition coefficient (Wildman–Crippen LogP) is 2.84. The smallest absolute Gasteiger partial charge is 0.357 e. The molecule has 0 radical (unpaired) electrons. The maximum Gasteiger partial charge on any atom is 0.357 e. The first-order valence-corrected chi connectivity index (χ1v) is 6.63. The van der Waals surface area contributed by atoms with E-state index < -0.39 is 0 Å². The van der Waals surface area contributed by atoms with E-state index in [-0.39, 0.29) is 5.97 Å². The molecule has 1 aromatic carbocycles. The van der Waals surface area contributed by atoms with Gasteiger partial charge in [0.15, 0.2) is 5.69 Å². The Kier molecular flexibility index (Phi) is 4.16. The summed E-state index contributed by atoms with van der Waals surface area (Å²) in [5.41, 5.74) is 1.51. The minimum Gasteiger partial charge on any atom is -0.497 e. The number of esters is 1. The third-order valence-electron chi connectivity index (χ3n) is 2.71. The lowest BCUT2D eigenvalue weighted by atomic mass is 10.1. The second-order valence-corrected chi connectivity index (χ2v) is 5.32. The number of methoxy groups -OCH3 is 2. The number of hydrogen-bond donors (Lipinski definition) is 0. The summed E-state index contributed by atoms with van der Waals surface area (Å²) in [4.78, 5) is 16.7. The first-order chi connectivity index (χ1) is 9.13. The molecule has 100 valence electrons. The van der Waals surface area contributed by atoms with Crippen molar-refractivity contribution in [1.29, 1.82) is 0 Å². The Morgan fingerprint density at radius 1 is 1.37 bits per heavy atom. The number of aryl methyl sites for hydroxylation is 1. The van der Waals surface area contributed by atoms with E-state index in [1.54, 1.807) is 7.11 Å². The fourth-order valence-electron chi connectivity index (χ4n) is 1.77. The van der Waals surface area contributed by atoms with Crippen molar-refractivity contribution in [2.45, 2.75) is 13.3 Å². The lowest BCUT2D eigenvalue weighted by molar-refractivity contribution is 0.0594. The zero-order valence-corrected chi connectivity index (χ0v) is 11.9. The molecule has 0 atom stereocenters. The predicted molar refractivity (Wildman–Crippen MR) is 74.0 cm³/mol. The van der Waals surface area contributed by atoms with Crippen LogP contribution in [0.4, 0.5) is 0 Å². The molecule has 0 bridgehead atoms. The summed E-state index contributed by atoms with van der Waals surface area (Å²) in [6, 6.07) is 7.82. The van der Waals surface area contributed by atoms with Crippen LogP contribution in [0.25, 0.3) is 0 Å². The van der Waals surface area contributed by atoms with Crippen LogP contribution in [0.1, 0.15) is 25.9 Å². The summed E-state index contributed by atoms with van der Waals surface area (Å²) in [5.74, 6) is 0.435. The summed E-state index contributed by atoms with van der Waals surface area (Å²) in [7, 11) is 3.00. The van der Waals surface area contributed by atoms with Gasteiger partial charge in [0.1, 0.15) is 5.75 Å². The Labute approximate surface area is 116 Å². The van der Waals surface area contributed by atoms with Crippen LogP contribution in [0, 0.1) is 6.92 Å². The molecule has 1 heterocycles. The lowest BCUT2D eigenvalue weighted by Gasteiger charge is -2.02. The van der Waals surface area contributed by atoms with Crippen LogP contribution in [0.3, 0.4) is 0 Å². The number of rotatable bonds is 4. The van der Waals surface area contributed by atoms with E-state index >= 15 is 0 Å². The van der Waals surface area contributed by atoms with Gasteiger partial charge in [-0.3, -0.25) is 0 Å². The number of thiazole rings is 1. The van der Waals surface area contributed by atoms with Gasteiger partial charge in [0.25, 0.3) is 0 Å². The van der Waals surface area contributed by atoms with Crippen LogP contribution < -0.4 is 4.74 Å². The number of carbonyl (C=O) groups is 1. The highest BCUT2D eigenvalue weighted by Crippen LogP contribution is 2.22. The van der Waals surface area contributed by atoms with Gasteiger partial charge in [-0.25, -0.2) is 9.78 Å². The molecule has 2 aromatic rings. The van der Waals surface area contributed by atoms with Crippen molar-refractivity contribution >= 4 is 17.3 Å². The summed E-state index contributed by atoms with van der Waals surface area (Å²) >= 11 is 1.51. The van der Waals surface area contributed by atoms with E-state index in [1.165, 1.54) is 18.4 Å². The maximum absolute atomic E-state index is 11.5. The average molecular weight is 277 g/mol. The van der Waals surface area contributed by atoms with Crippen molar-refractivity contribution in [3.8, 4) is 5.75 Å². The lowest BCUT2D eigenvalue weighted by Crippen LogP contribution is -2.03. The van der Waals surface area contributed by atoms with E-state index in [9.17, 15) is 4.79 Å². The van der Waals surface area contributed by atoms with Crippen molar-refractivity contribution < 1.29 is 14.3 Å². The number of hydrogen-bond acceptors (Lipinski definition) is 5. The molecule has 19 heavy (non-hydrogen) atoms. The van der Waals surface area contributed by atoms with Crippen LogP contribution in [0.5, 0.6) is 5.75 Å². The minimum atomic E-state index is -0.384. The van der Waals surface area contributed by atoms with Crippen LogP contribution in [0.15, 0.2) is 24.3 Å². The first kappa shape index (κ1) is 13.5. The molecule has 0 fully saturated rings. The van der Waals surface area contributed by atoms with Crippen molar-refractivity contribution in [3.63, 3.8) is 0 Å². The molecular formula is C14H15NO3S. The molecular weight excluding hydrogens is 262 g/mol. The Hall–Kier alpha value is -1.88. The third-order valence-corrected chi connectivity index (χ3v) is 3.68. The maximum atomic E-state index is 11.5. The monoisotopic (exact) mass is 277 g/mol. The largest absolute Gasteiger partial charge is 0.497 e. The topological polar surface area (TPSA) is 48.4 Å². The van der Waals surface area contributed by atoms with E-state index in [4.69, 9.17) is 9.47 Å². The summed E-state index contributed by atoms with van der Waals surface area (Å²) in [6.45, 7) is 1.87. The van der Waals surface area contributed by atoms with Gasteiger partial charge in [-0.05, 0) is 24.6 Å². The molecule has 4 nitrogen and oxygen atoms in total. The Morgan fingerprint density at radius 2 is 2.16 bits per heavy atom. The molecule has 0 unspecified atom stereocenters.